The van der Waals surface area contributed by atoms with Crippen molar-refractivity contribution in [1.29, 1.82) is 0 Å². The molecule has 5 saturated heterocycles. The smallest absolute Gasteiger partial charge is 0.335 e. The van der Waals surface area contributed by atoms with Crippen molar-refractivity contribution in [1.82, 2.24) is 10.6 Å². The number of carbonyl (C=O) groups is 5. The second-order valence-electron chi connectivity index (χ2n) is 27.6. The highest BCUT2D eigenvalue weighted by molar-refractivity contribution is 5.94. The minimum Gasteiger partial charge on any atom is -0.479 e. The maximum atomic E-state index is 13.0. The van der Waals surface area contributed by atoms with Crippen LogP contribution in [0.2, 0.25) is 0 Å². The molecule has 36 nitrogen and oxygen atoms in total. The molecule has 0 radical (unpaired) electrons. The second-order valence-corrected chi connectivity index (χ2v) is 27.6. The van der Waals surface area contributed by atoms with E-state index < -0.39 is 215 Å². The van der Waals surface area contributed by atoms with Gasteiger partial charge < -0.3 is 155 Å². The monoisotopic (exact) mass is 1690 g/mol. The van der Waals surface area contributed by atoms with Crippen LogP contribution in [-0.2, 0) is 82.5 Å². The number of rotatable bonds is 40. The van der Waals surface area contributed by atoms with Crippen LogP contribution in [0.5, 0.6) is 0 Å². The van der Waals surface area contributed by atoms with Gasteiger partial charge >= 0.3 is 11.9 Å². The van der Waals surface area contributed by atoms with Crippen LogP contribution >= 0.6 is 0 Å². The van der Waals surface area contributed by atoms with Gasteiger partial charge in [0, 0.05) is 73.9 Å². The number of hydrogen-bond donors (Lipinski definition) is 20. The van der Waals surface area contributed by atoms with Gasteiger partial charge in [-0.15, -0.1) is 0 Å². The lowest BCUT2D eigenvalue weighted by molar-refractivity contribution is -0.385. The van der Waals surface area contributed by atoms with E-state index in [0.29, 0.717) is 51.4 Å². The first-order valence-electron chi connectivity index (χ1n) is 38.5. The molecule has 5 heterocycles. The average Bonchev–Trinajstić information content (AvgIpc) is 0.771. The molecule has 652 valence electrons. The van der Waals surface area contributed by atoms with Crippen LogP contribution in [0.25, 0.3) is 0 Å². The third-order valence-electron chi connectivity index (χ3n) is 18.9. The van der Waals surface area contributed by atoms with Crippen molar-refractivity contribution < 1.29 is 168 Å². The van der Waals surface area contributed by atoms with Crippen LogP contribution in [0.15, 0.2) is 30.3 Å². The molecule has 2 amide bonds. The summed E-state index contributed by atoms with van der Waals surface area (Å²) in [5.41, 5.74) is 1.09. The van der Waals surface area contributed by atoms with E-state index in [0.717, 1.165) is 24.8 Å². The van der Waals surface area contributed by atoms with E-state index in [1.165, 1.54) is 0 Å². The predicted molar refractivity (Wildman–Crippen MR) is 413 cm³/mol. The van der Waals surface area contributed by atoms with Gasteiger partial charge in [0.15, 0.2) is 43.7 Å². The normalized spacial score (nSPS) is 30.0. The molecule has 20 N–H and O–H groups in total. The number of ketones is 1. The SMILES string of the molecule is CC#CC#CC#CC#CC#CC#CC#CC#CC#CC#CC#CC#CC(=O)N[C@@H](COC1OC(COCCCCCCCC(=O)CCCCC(=O)NCCOC2OC(CO)C(OC3OC(C(=O)O)C(O)C(OC4OC(CO)C(OC5OC(C(=O)O)C(O)C(O)C5O)C(O)C4O)C3O)C(O)C2O)C(O)C(O)C1O)[C@H](O)[C@H](O)CCCCc1ccccc1. The maximum Gasteiger partial charge on any atom is 0.335 e. The molecule has 25 unspecified atom stereocenters. The molecule has 28 atom stereocenters. The Morgan fingerprint density at radius 1 is 0.430 bits per heavy atom. The standard InChI is InChI=1S/C85H98N2O34/c1-2-3-4-5-6-7-8-9-10-11-12-13-14-15-16-17-18-19-20-21-22-25-31-44-60(93)87-54(61(94)55(91)42-34-32-39-52-37-28-27-29-38-52)50-113-82-68(101)63(96)62(95)58(116-82)51-111-46-36-26-23-24-30-40-53(90)41-33-35-43-59(92)86-45-47-112-81-70(103)66(99)74(56(48-88)114-81)118-85-73(106)76(72(105)78(121-85)80(109)110)119-83-71(104)67(100)75(57(49-89)115-83)117-84-69(102)64(97)65(98)77(120-84)79(107)108/h27-29,37-38,54-58,61-78,81-85,88-89,91,94-106H,23-24,26,30,32-36,39-43,45-51H2,1H3,(H,86,92)(H,87,93)(H,107,108)(H,109,110)/t54-,55+,56?,57?,58?,61-,62?,63?,64?,65?,66?,67?,68?,69?,70?,71?,72?,73?,74?,75?,76?,77?,78?,81?,82?,83?,84?,85?/m0/s1. The number of Topliss-reactive ketones (excluding diaryl/α,β-unsaturated/α-hetero) is 1. The summed E-state index contributed by atoms with van der Waals surface area (Å²) in [4.78, 5) is 62.4. The Hall–Kier alpha value is -9.59. The molecule has 0 aromatic heterocycles. The fourth-order valence-corrected chi connectivity index (χ4v) is 12.4. The number of amides is 2. The number of carboxylic acids is 2. The zero-order valence-electron chi connectivity index (χ0n) is 65.5. The third kappa shape index (κ3) is 33.3. The molecule has 5 fully saturated rings. The molecule has 0 bridgehead atoms. The van der Waals surface area contributed by atoms with Crippen molar-refractivity contribution >= 4 is 29.5 Å². The molecule has 36 heteroatoms. The largest absolute Gasteiger partial charge is 0.479 e. The number of ether oxygens (including phenoxy) is 11. The molecule has 5 aliphatic heterocycles. The van der Waals surface area contributed by atoms with Crippen LogP contribution in [0.4, 0.5) is 0 Å². The van der Waals surface area contributed by atoms with Crippen LogP contribution in [-0.4, -0.2) is 339 Å². The number of carbonyl (C=O) groups excluding carboxylic acids is 3. The molecule has 0 spiro atoms. The van der Waals surface area contributed by atoms with E-state index in [2.05, 4.69) is 153 Å². The lowest BCUT2D eigenvalue weighted by Gasteiger charge is -2.48. The first-order valence-corrected chi connectivity index (χ1v) is 38.5. The zero-order valence-corrected chi connectivity index (χ0v) is 65.5. The van der Waals surface area contributed by atoms with Crippen LogP contribution in [0.3, 0.4) is 0 Å². The average molecular weight is 1690 g/mol. The van der Waals surface area contributed by atoms with Gasteiger partial charge in [-0.05, 0) is 152 Å². The minimum absolute atomic E-state index is 0.00686. The molecule has 1 aromatic carbocycles. The molecule has 6 rings (SSSR count). The van der Waals surface area contributed by atoms with Crippen LogP contribution in [0.1, 0.15) is 96.0 Å². The summed E-state index contributed by atoms with van der Waals surface area (Å²) < 4.78 is 61.1. The van der Waals surface area contributed by atoms with E-state index in [1.807, 2.05) is 30.3 Å². The fourth-order valence-electron chi connectivity index (χ4n) is 12.4. The fraction of sp³-hybridized carbons (Fsp3) is 0.588. The molecule has 121 heavy (non-hydrogen) atoms. The van der Waals surface area contributed by atoms with E-state index in [-0.39, 0.29) is 51.4 Å². The predicted octanol–water partition coefficient (Wildman–Crippen LogP) is -7.43. The Kier molecular flexibility index (Phi) is 45.3. The van der Waals surface area contributed by atoms with Gasteiger partial charge in [-0.1, -0.05) is 61.9 Å². The van der Waals surface area contributed by atoms with Crippen molar-refractivity contribution in [3.8, 4) is 142 Å². The summed E-state index contributed by atoms with van der Waals surface area (Å²) >= 11 is 0. The lowest BCUT2D eigenvalue weighted by atomic mass is 9.95. The van der Waals surface area contributed by atoms with Gasteiger partial charge in [0.1, 0.15) is 122 Å². The summed E-state index contributed by atoms with van der Waals surface area (Å²) in [6.45, 7) is -1.42. The van der Waals surface area contributed by atoms with Crippen molar-refractivity contribution in [2.45, 2.75) is 269 Å². The minimum atomic E-state index is -2.33. The number of benzene rings is 1. The Labute approximate surface area is 698 Å². The van der Waals surface area contributed by atoms with Gasteiger partial charge in [0.25, 0.3) is 5.91 Å². The first-order chi connectivity index (χ1) is 58.2. The molecule has 1 aromatic rings. The Morgan fingerprint density at radius 3 is 1.42 bits per heavy atom. The van der Waals surface area contributed by atoms with E-state index in [1.54, 1.807) is 6.92 Å². The summed E-state index contributed by atoms with van der Waals surface area (Å²) in [6.07, 6.45) is -45.8. The van der Waals surface area contributed by atoms with Gasteiger partial charge in [0.05, 0.1) is 45.2 Å². The van der Waals surface area contributed by atoms with Gasteiger partial charge in [-0.25, -0.2) is 9.59 Å². The molecule has 0 aliphatic carbocycles. The third-order valence-corrected chi connectivity index (χ3v) is 18.9. The number of aliphatic carboxylic acids is 2. The highest BCUT2D eigenvalue weighted by Crippen LogP contribution is 2.35. The second kappa shape index (κ2) is 54.7. The number of nitrogens with one attached hydrogen (secondary N) is 2. The lowest BCUT2D eigenvalue weighted by Crippen LogP contribution is -2.68. The van der Waals surface area contributed by atoms with Crippen molar-refractivity contribution in [3.05, 3.63) is 35.9 Å². The topological polar surface area (TPSA) is 575 Å². The molecule has 0 saturated carbocycles. The van der Waals surface area contributed by atoms with Crippen LogP contribution in [0, 0.1) is 142 Å². The number of aliphatic hydroxyl groups excluding tert-OH is 16. The van der Waals surface area contributed by atoms with Gasteiger partial charge in [0.2, 0.25) is 5.91 Å². The van der Waals surface area contributed by atoms with Gasteiger partial charge in [-0.3, -0.25) is 14.4 Å². The summed E-state index contributed by atoms with van der Waals surface area (Å²) in [5, 5.41) is 197. The zero-order chi connectivity index (χ0) is 88.2. The van der Waals surface area contributed by atoms with Crippen LogP contribution < -0.4 is 10.6 Å². The Balaban J connectivity index is 0.853. The first kappa shape index (κ1) is 100. The molecular weight excluding hydrogens is 1590 g/mol. The van der Waals surface area contributed by atoms with E-state index >= 15 is 0 Å². The van der Waals surface area contributed by atoms with E-state index in [9.17, 15) is 116 Å². The molecule has 5 aliphatic rings. The van der Waals surface area contributed by atoms with Crippen molar-refractivity contribution in [2.75, 3.05) is 46.2 Å². The van der Waals surface area contributed by atoms with E-state index in [4.69, 9.17) is 52.1 Å². The molecular formula is C85H98N2O34. The highest BCUT2D eigenvalue weighted by Gasteiger charge is 2.57. The van der Waals surface area contributed by atoms with Gasteiger partial charge in [-0.2, -0.15) is 0 Å². The highest BCUT2D eigenvalue weighted by atomic mass is 16.8. The van der Waals surface area contributed by atoms with Crippen molar-refractivity contribution in [3.63, 3.8) is 0 Å². The van der Waals surface area contributed by atoms with Crippen molar-refractivity contribution in [2.24, 2.45) is 0 Å². The summed E-state index contributed by atoms with van der Waals surface area (Å²) in [5.74, 6) is 54.2. The quantitative estimate of drug-likeness (QED) is 0.0214. The Morgan fingerprint density at radius 2 is 0.868 bits per heavy atom. The number of hydrogen-bond acceptors (Lipinski definition) is 32. The summed E-state index contributed by atoms with van der Waals surface area (Å²) in [7, 11) is 0. The number of unbranched alkanes of at least 4 members (excludes halogenated alkanes) is 6. The Bertz CT molecular complexity index is 4350. The number of aryl methyl sites for hydroxylation is 1. The number of carboxylic acid groups (broad SMARTS) is 2. The summed E-state index contributed by atoms with van der Waals surface area (Å²) in [6, 6.07) is 8.33. The maximum absolute atomic E-state index is 13.0. The number of aliphatic hydroxyl groups is 16.